The van der Waals surface area contributed by atoms with Gasteiger partial charge >= 0.3 is 0 Å². The first-order chi connectivity index (χ1) is 11.5. The zero-order valence-electron chi connectivity index (χ0n) is 14.8. The van der Waals surface area contributed by atoms with Crippen LogP contribution < -0.4 is 14.8 Å². The van der Waals surface area contributed by atoms with E-state index in [4.69, 9.17) is 9.47 Å². The highest BCUT2D eigenvalue weighted by Crippen LogP contribution is 2.21. The molecule has 1 amide bonds. The monoisotopic (exact) mass is 327 g/mol. The molecule has 0 saturated heterocycles. The average molecular weight is 327 g/mol. The van der Waals surface area contributed by atoms with Crippen molar-refractivity contribution < 1.29 is 14.3 Å². The maximum Gasteiger partial charge on any atom is 0.261 e. The average Bonchev–Trinajstić information content (AvgIpc) is 2.57. The Kier molecular flexibility index (Phi) is 6.24. The Morgan fingerprint density at radius 2 is 1.88 bits per heavy atom. The predicted octanol–water partition coefficient (Wildman–Crippen LogP) is 3.79. The second-order valence-electron chi connectivity index (χ2n) is 5.79. The summed E-state index contributed by atoms with van der Waals surface area (Å²) in [5.41, 5.74) is 3.07. The highest BCUT2D eigenvalue weighted by molar-refractivity contribution is 5.80. The molecule has 0 aromatic heterocycles. The number of para-hydroxylation sites is 1. The first kappa shape index (κ1) is 17.9. The molecule has 0 radical (unpaired) electrons. The van der Waals surface area contributed by atoms with Crippen molar-refractivity contribution in [2.24, 2.45) is 0 Å². The number of carbonyl (C=O) groups excluding carboxylic acids is 1. The molecule has 0 spiro atoms. The standard InChI is InChI=1S/C20H25NO3/c1-5-23-18-9-7-6-8-17(18)13-21-20(22)16(4)24-19-12-14(2)10-11-15(19)3/h6-12,16H,5,13H2,1-4H3,(H,21,22)/t16-/m1/s1. The molecule has 0 aliphatic rings. The number of carbonyl (C=O) groups is 1. The summed E-state index contributed by atoms with van der Waals surface area (Å²) in [5.74, 6) is 1.39. The molecule has 2 aromatic rings. The van der Waals surface area contributed by atoms with Crippen LogP contribution in [0.2, 0.25) is 0 Å². The molecule has 0 fully saturated rings. The van der Waals surface area contributed by atoms with Crippen LogP contribution in [-0.2, 0) is 11.3 Å². The summed E-state index contributed by atoms with van der Waals surface area (Å²) < 4.78 is 11.4. The molecule has 0 aliphatic heterocycles. The molecule has 4 nitrogen and oxygen atoms in total. The smallest absolute Gasteiger partial charge is 0.261 e. The van der Waals surface area contributed by atoms with Gasteiger partial charge in [-0.05, 0) is 51.0 Å². The van der Waals surface area contributed by atoms with E-state index in [0.717, 1.165) is 28.2 Å². The molecular weight excluding hydrogens is 302 g/mol. The third-order valence-electron chi connectivity index (χ3n) is 3.74. The molecule has 1 N–H and O–H groups in total. The number of aryl methyl sites for hydroxylation is 2. The Hall–Kier alpha value is -2.49. The van der Waals surface area contributed by atoms with Crippen LogP contribution in [0, 0.1) is 13.8 Å². The lowest BCUT2D eigenvalue weighted by molar-refractivity contribution is -0.127. The Morgan fingerprint density at radius 3 is 2.62 bits per heavy atom. The van der Waals surface area contributed by atoms with Crippen molar-refractivity contribution in [3.05, 3.63) is 59.2 Å². The summed E-state index contributed by atoms with van der Waals surface area (Å²) in [6.45, 7) is 8.67. The third-order valence-corrected chi connectivity index (χ3v) is 3.74. The van der Waals surface area contributed by atoms with Gasteiger partial charge in [0.25, 0.3) is 5.91 Å². The topological polar surface area (TPSA) is 47.6 Å². The highest BCUT2D eigenvalue weighted by Gasteiger charge is 2.16. The lowest BCUT2D eigenvalue weighted by Crippen LogP contribution is -2.36. The van der Waals surface area contributed by atoms with Crippen LogP contribution in [0.5, 0.6) is 11.5 Å². The lowest BCUT2D eigenvalue weighted by atomic mass is 10.1. The van der Waals surface area contributed by atoms with Gasteiger partial charge in [-0.1, -0.05) is 30.3 Å². The molecule has 0 heterocycles. The van der Waals surface area contributed by atoms with Crippen molar-refractivity contribution in [3.63, 3.8) is 0 Å². The van der Waals surface area contributed by atoms with Gasteiger partial charge in [0, 0.05) is 12.1 Å². The fraction of sp³-hybridized carbons (Fsp3) is 0.350. The summed E-state index contributed by atoms with van der Waals surface area (Å²) in [6.07, 6.45) is -0.565. The molecule has 0 saturated carbocycles. The maximum absolute atomic E-state index is 12.3. The second kappa shape index (κ2) is 8.39. The zero-order chi connectivity index (χ0) is 17.5. The van der Waals surface area contributed by atoms with E-state index in [9.17, 15) is 4.79 Å². The molecule has 128 valence electrons. The molecular formula is C20H25NO3. The van der Waals surface area contributed by atoms with Gasteiger partial charge in [0.15, 0.2) is 6.10 Å². The molecule has 1 atom stereocenters. The fourth-order valence-electron chi connectivity index (χ4n) is 2.35. The minimum absolute atomic E-state index is 0.151. The van der Waals surface area contributed by atoms with Crippen molar-refractivity contribution in [1.29, 1.82) is 0 Å². The first-order valence-electron chi connectivity index (χ1n) is 8.23. The lowest BCUT2D eigenvalue weighted by Gasteiger charge is -2.17. The zero-order valence-corrected chi connectivity index (χ0v) is 14.8. The van der Waals surface area contributed by atoms with E-state index in [0.29, 0.717) is 13.2 Å². The Morgan fingerprint density at radius 1 is 1.12 bits per heavy atom. The summed E-state index contributed by atoms with van der Waals surface area (Å²) in [5, 5.41) is 2.91. The normalized spacial score (nSPS) is 11.7. The molecule has 0 bridgehead atoms. The maximum atomic E-state index is 12.3. The summed E-state index contributed by atoms with van der Waals surface area (Å²) in [4.78, 5) is 12.3. The number of hydrogen-bond acceptors (Lipinski definition) is 3. The van der Waals surface area contributed by atoms with Gasteiger partial charge in [-0.25, -0.2) is 0 Å². The first-order valence-corrected chi connectivity index (χ1v) is 8.23. The van der Waals surface area contributed by atoms with Crippen LogP contribution in [-0.4, -0.2) is 18.6 Å². The van der Waals surface area contributed by atoms with Crippen LogP contribution in [0.3, 0.4) is 0 Å². The number of amides is 1. The van der Waals surface area contributed by atoms with Crippen LogP contribution >= 0.6 is 0 Å². The van der Waals surface area contributed by atoms with Gasteiger partial charge in [0.2, 0.25) is 0 Å². The largest absolute Gasteiger partial charge is 0.494 e. The minimum atomic E-state index is -0.565. The van der Waals surface area contributed by atoms with E-state index in [-0.39, 0.29) is 5.91 Å². The molecule has 2 aromatic carbocycles. The number of nitrogens with one attached hydrogen (secondary N) is 1. The van der Waals surface area contributed by atoms with Crippen molar-refractivity contribution in [3.8, 4) is 11.5 Å². The molecule has 2 rings (SSSR count). The molecule has 4 heteroatoms. The Labute approximate surface area is 143 Å². The van der Waals surface area contributed by atoms with Crippen LogP contribution in [0.4, 0.5) is 0 Å². The quantitative estimate of drug-likeness (QED) is 0.842. The molecule has 0 unspecified atom stereocenters. The Bertz CT molecular complexity index is 697. The molecule has 0 aliphatic carbocycles. The van der Waals surface area contributed by atoms with Gasteiger partial charge in [-0.2, -0.15) is 0 Å². The van der Waals surface area contributed by atoms with Gasteiger partial charge < -0.3 is 14.8 Å². The number of rotatable bonds is 7. The predicted molar refractivity (Wildman–Crippen MR) is 95.5 cm³/mol. The number of ether oxygens (including phenoxy) is 2. The van der Waals surface area contributed by atoms with Crippen molar-refractivity contribution in [2.45, 2.75) is 40.3 Å². The molecule has 24 heavy (non-hydrogen) atoms. The highest BCUT2D eigenvalue weighted by atomic mass is 16.5. The van der Waals surface area contributed by atoms with Crippen LogP contribution in [0.15, 0.2) is 42.5 Å². The third kappa shape index (κ3) is 4.75. The van der Waals surface area contributed by atoms with Crippen LogP contribution in [0.25, 0.3) is 0 Å². The number of benzene rings is 2. The van der Waals surface area contributed by atoms with Gasteiger partial charge in [0.05, 0.1) is 6.61 Å². The second-order valence-corrected chi connectivity index (χ2v) is 5.79. The van der Waals surface area contributed by atoms with Crippen molar-refractivity contribution in [2.75, 3.05) is 6.61 Å². The Balaban J connectivity index is 1.96. The van der Waals surface area contributed by atoms with Crippen LogP contribution in [0.1, 0.15) is 30.5 Å². The van der Waals surface area contributed by atoms with E-state index in [1.807, 2.05) is 63.2 Å². The van der Waals surface area contributed by atoms with Gasteiger partial charge in [-0.3, -0.25) is 4.79 Å². The van der Waals surface area contributed by atoms with Crippen molar-refractivity contribution in [1.82, 2.24) is 5.32 Å². The van der Waals surface area contributed by atoms with Gasteiger partial charge in [-0.15, -0.1) is 0 Å². The minimum Gasteiger partial charge on any atom is -0.494 e. The summed E-state index contributed by atoms with van der Waals surface area (Å²) in [6, 6.07) is 13.7. The van der Waals surface area contributed by atoms with E-state index in [2.05, 4.69) is 5.32 Å². The summed E-state index contributed by atoms with van der Waals surface area (Å²) >= 11 is 0. The van der Waals surface area contributed by atoms with E-state index in [1.165, 1.54) is 0 Å². The van der Waals surface area contributed by atoms with Gasteiger partial charge in [0.1, 0.15) is 11.5 Å². The fourth-order valence-corrected chi connectivity index (χ4v) is 2.35. The SMILES string of the molecule is CCOc1ccccc1CNC(=O)[C@@H](C)Oc1cc(C)ccc1C. The van der Waals surface area contributed by atoms with E-state index >= 15 is 0 Å². The van der Waals surface area contributed by atoms with E-state index in [1.54, 1.807) is 6.92 Å². The van der Waals surface area contributed by atoms with Crippen molar-refractivity contribution >= 4 is 5.91 Å². The summed E-state index contributed by atoms with van der Waals surface area (Å²) in [7, 11) is 0. The number of hydrogen-bond donors (Lipinski definition) is 1. The van der Waals surface area contributed by atoms with E-state index < -0.39 is 6.10 Å².